The number of carbonyl (C=O) groups is 3. The maximum atomic E-state index is 11.8. The minimum atomic E-state index is -0.968. The molecule has 0 aromatic heterocycles. The maximum Gasteiger partial charge on any atom is 0.410 e. The molecule has 184 valence electrons. The Morgan fingerprint density at radius 1 is 1.09 bits per heavy atom. The zero-order valence-electron chi connectivity index (χ0n) is 19.9. The van der Waals surface area contributed by atoms with Crippen molar-refractivity contribution in [2.45, 2.75) is 58.3 Å². The quantitative estimate of drug-likeness (QED) is 0.544. The van der Waals surface area contributed by atoms with Crippen LogP contribution in [-0.2, 0) is 27.5 Å². The van der Waals surface area contributed by atoms with E-state index in [0.29, 0.717) is 25.9 Å². The number of hydrogen-bond donors (Lipinski definition) is 3. The Morgan fingerprint density at radius 3 is 2.24 bits per heavy atom. The molecule has 1 saturated heterocycles. The molecule has 0 bridgehead atoms. The van der Waals surface area contributed by atoms with Crippen molar-refractivity contribution in [3.05, 3.63) is 71.8 Å². The summed E-state index contributed by atoms with van der Waals surface area (Å²) < 4.78 is 5.12. The molecular weight excluding hydrogens is 434 g/mol. The summed E-state index contributed by atoms with van der Waals surface area (Å²) in [6, 6.07) is 18.0. The minimum absolute atomic E-state index is 0.0711. The second-order valence-corrected chi connectivity index (χ2v) is 8.34. The van der Waals surface area contributed by atoms with Crippen LogP contribution in [0.4, 0.5) is 4.79 Å². The van der Waals surface area contributed by atoms with Gasteiger partial charge in [-0.3, -0.25) is 9.69 Å². The van der Waals surface area contributed by atoms with Crippen LogP contribution in [0.25, 0.3) is 0 Å². The van der Waals surface area contributed by atoms with Crippen molar-refractivity contribution in [1.82, 2.24) is 10.2 Å². The van der Waals surface area contributed by atoms with Crippen LogP contribution in [0.5, 0.6) is 0 Å². The monoisotopic (exact) mass is 469 g/mol. The summed E-state index contributed by atoms with van der Waals surface area (Å²) >= 11 is 0. The van der Waals surface area contributed by atoms with Crippen molar-refractivity contribution in [2.75, 3.05) is 6.54 Å². The van der Waals surface area contributed by atoms with Gasteiger partial charge < -0.3 is 20.9 Å². The predicted molar refractivity (Wildman–Crippen MR) is 130 cm³/mol. The third-order valence-electron chi connectivity index (χ3n) is 5.85. The lowest BCUT2D eigenvalue weighted by Crippen LogP contribution is -2.44. The summed E-state index contributed by atoms with van der Waals surface area (Å²) in [5, 5.41) is 11.8. The van der Waals surface area contributed by atoms with Crippen LogP contribution >= 0.6 is 0 Å². The van der Waals surface area contributed by atoms with Gasteiger partial charge in [-0.1, -0.05) is 80.9 Å². The first-order chi connectivity index (χ1) is 16.3. The standard InChI is InChI=1S/C13H20N2O.C13H15NO4/c1-3-10(2)12(14)13(16)15-9-11-7-5-4-6-8-11;15-12(16)11-7-4-8-14(11)13(17)18-9-10-5-2-1-3-6-10/h4-8,10,12H,3,9,14H2,1-2H3,(H,15,16);1-3,5-6,11H,4,7-9H2,(H,15,16)/t10-,12-;11-/m00/s1. The molecule has 0 radical (unpaired) electrons. The molecule has 8 nitrogen and oxygen atoms in total. The number of carboxylic acid groups (broad SMARTS) is 1. The van der Waals surface area contributed by atoms with Gasteiger partial charge in [0.25, 0.3) is 0 Å². The molecule has 1 aliphatic heterocycles. The van der Waals surface area contributed by atoms with Crippen molar-refractivity contribution < 1.29 is 24.2 Å². The number of nitrogens with zero attached hydrogens (tertiary/aromatic N) is 1. The van der Waals surface area contributed by atoms with E-state index in [1.165, 1.54) is 4.90 Å². The number of carbonyl (C=O) groups excluding carboxylic acids is 2. The number of aliphatic carboxylic acids is 1. The Hall–Kier alpha value is -3.39. The lowest BCUT2D eigenvalue weighted by atomic mass is 9.99. The zero-order chi connectivity index (χ0) is 24.9. The minimum Gasteiger partial charge on any atom is -0.480 e. The molecule has 4 N–H and O–H groups in total. The molecule has 2 aromatic carbocycles. The highest BCUT2D eigenvalue weighted by Crippen LogP contribution is 2.18. The number of ether oxygens (including phenoxy) is 1. The number of rotatable bonds is 8. The SMILES string of the molecule is CC[C@H](C)[C@H](N)C(=O)NCc1ccccc1.O=C(O)[C@@H]1CCCN1C(=O)OCc1ccccc1. The molecule has 0 saturated carbocycles. The topological polar surface area (TPSA) is 122 Å². The number of carboxylic acids is 1. The van der Waals surface area contributed by atoms with Gasteiger partial charge in [-0.05, 0) is 29.9 Å². The summed E-state index contributed by atoms with van der Waals surface area (Å²) in [5.74, 6) is -0.821. The Bertz CT molecular complexity index is 907. The number of likely N-dealkylation sites (tertiary alicyclic amines) is 1. The first kappa shape index (κ1) is 26.9. The van der Waals surface area contributed by atoms with Gasteiger partial charge in [0.2, 0.25) is 5.91 Å². The fraction of sp³-hybridized carbons (Fsp3) is 0.423. The van der Waals surface area contributed by atoms with Crippen LogP contribution < -0.4 is 11.1 Å². The third-order valence-corrected chi connectivity index (χ3v) is 5.85. The predicted octanol–water partition coefficient (Wildman–Crippen LogP) is 3.55. The molecule has 0 unspecified atom stereocenters. The highest BCUT2D eigenvalue weighted by molar-refractivity contribution is 5.81. The molecule has 8 heteroatoms. The summed E-state index contributed by atoms with van der Waals surface area (Å²) in [7, 11) is 0. The first-order valence-electron chi connectivity index (χ1n) is 11.6. The van der Waals surface area contributed by atoms with Crippen LogP contribution in [0, 0.1) is 5.92 Å². The molecule has 3 rings (SSSR count). The van der Waals surface area contributed by atoms with E-state index < -0.39 is 24.1 Å². The Morgan fingerprint density at radius 2 is 1.68 bits per heavy atom. The van der Waals surface area contributed by atoms with Gasteiger partial charge in [0, 0.05) is 13.1 Å². The van der Waals surface area contributed by atoms with Gasteiger partial charge in [-0.25, -0.2) is 9.59 Å². The lowest BCUT2D eigenvalue weighted by Gasteiger charge is -2.20. The smallest absolute Gasteiger partial charge is 0.410 e. The highest BCUT2D eigenvalue weighted by Gasteiger charge is 2.34. The van der Waals surface area contributed by atoms with Crippen molar-refractivity contribution in [3.63, 3.8) is 0 Å². The normalized spacial score (nSPS) is 16.6. The van der Waals surface area contributed by atoms with E-state index >= 15 is 0 Å². The number of nitrogens with one attached hydrogen (secondary N) is 1. The Labute approximate surface area is 201 Å². The molecule has 3 atom stereocenters. The molecule has 1 aliphatic rings. The number of amides is 2. The number of nitrogens with two attached hydrogens (primary N) is 1. The molecule has 2 aromatic rings. The van der Waals surface area contributed by atoms with Gasteiger partial charge in [0.15, 0.2) is 0 Å². The molecule has 0 spiro atoms. The van der Waals surface area contributed by atoms with Crippen molar-refractivity contribution in [3.8, 4) is 0 Å². The van der Waals surface area contributed by atoms with Crippen LogP contribution in [-0.4, -0.2) is 46.6 Å². The van der Waals surface area contributed by atoms with E-state index in [1.54, 1.807) is 0 Å². The van der Waals surface area contributed by atoms with Crippen LogP contribution in [0.2, 0.25) is 0 Å². The van der Waals surface area contributed by atoms with Gasteiger partial charge >= 0.3 is 12.1 Å². The zero-order valence-corrected chi connectivity index (χ0v) is 19.9. The van der Waals surface area contributed by atoms with Crippen molar-refractivity contribution in [1.29, 1.82) is 0 Å². The van der Waals surface area contributed by atoms with Crippen LogP contribution in [0.1, 0.15) is 44.2 Å². The molecule has 34 heavy (non-hydrogen) atoms. The molecular formula is C26H35N3O5. The van der Waals surface area contributed by atoms with E-state index in [4.69, 9.17) is 15.6 Å². The van der Waals surface area contributed by atoms with E-state index in [2.05, 4.69) is 5.32 Å². The number of hydrogen-bond acceptors (Lipinski definition) is 5. The first-order valence-corrected chi connectivity index (χ1v) is 11.6. The molecule has 1 heterocycles. The number of benzene rings is 2. The van der Waals surface area contributed by atoms with Crippen molar-refractivity contribution >= 4 is 18.0 Å². The average molecular weight is 470 g/mol. The van der Waals surface area contributed by atoms with Crippen molar-refractivity contribution in [2.24, 2.45) is 11.7 Å². The van der Waals surface area contributed by atoms with Crippen LogP contribution in [0.3, 0.4) is 0 Å². The Balaban J connectivity index is 0.000000242. The van der Waals surface area contributed by atoms with Gasteiger partial charge in [0.05, 0.1) is 6.04 Å². The second kappa shape index (κ2) is 14.0. The van der Waals surface area contributed by atoms with E-state index in [-0.39, 0.29) is 18.4 Å². The summed E-state index contributed by atoms with van der Waals surface area (Å²) in [5.41, 5.74) is 7.80. The lowest BCUT2D eigenvalue weighted by molar-refractivity contribution is -0.141. The largest absolute Gasteiger partial charge is 0.480 e. The average Bonchev–Trinajstić information content (AvgIpc) is 3.37. The second-order valence-electron chi connectivity index (χ2n) is 8.34. The van der Waals surface area contributed by atoms with E-state index in [0.717, 1.165) is 17.5 Å². The summed E-state index contributed by atoms with van der Waals surface area (Å²) in [6.07, 6.45) is 1.57. The summed E-state index contributed by atoms with van der Waals surface area (Å²) in [6.45, 7) is 5.19. The fourth-order valence-electron chi connectivity index (χ4n) is 3.46. The Kier molecular flexibility index (Phi) is 11.1. The molecule has 1 fully saturated rings. The van der Waals surface area contributed by atoms with Gasteiger partial charge in [0.1, 0.15) is 12.6 Å². The van der Waals surface area contributed by atoms with Gasteiger partial charge in [-0.2, -0.15) is 0 Å². The summed E-state index contributed by atoms with van der Waals surface area (Å²) in [4.78, 5) is 35.7. The van der Waals surface area contributed by atoms with Gasteiger partial charge in [-0.15, -0.1) is 0 Å². The van der Waals surface area contributed by atoms with E-state index in [9.17, 15) is 14.4 Å². The van der Waals surface area contributed by atoms with E-state index in [1.807, 2.05) is 74.5 Å². The maximum absolute atomic E-state index is 11.8. The van der Waals surface area contributed by atoms with Crippen LogP contribution in [0.15, 0.2) is 60.7 Å². The third kappa shape index (κ3) is 8.51. The molecule has 0 aliphatic carbocycles. The fourth-order valence-corrected chi connectivity index (χ4v) is 3.46. The highest BCUT2D eigenvalue weighted by atomic mass is 16.6. The molecule has 2 amide bonds.